The van der Waals surface area contributed by atoms with E-state index in [1.807, 2.05) is 36.4 Å². The first-order chi connectivity index (χ1) is 13.3. The van der Waals surface area contributed by atoms with Gasteiger partial charge in [0, 0.05) is 6.54 Å². The predicted molar refractivity (Wildman–Crippen MR) is 105 cm³/mol. The zero-order valence-corrected chi connectivity index (χ0v) is 16.6. The van der Waals surface area contributed by atoms with E-state index in [-0.39, 0.29) is 19.1 Å². The predicted octanol–water partition coefficient (Wildman–Crippen LogP) is 2.76. The normalized spacial score (nSPS) is 16.8. The standard InChI is InChI=1S/C21H28N2O5/c1-21(2,3)28-20(26)22-15-18(24)23-13-7-12-17(23)19(25)27-14-8-11-16-9-5-4-6-10-16/h4-6,8-11,17H,7,12-15H2,1-3H3,(H,22,26)/b11-8+/t17-/m0/s1. The third-order valence-corrected chi connectivity index (χ3v) is 4.06. The van der Waals surface area contributed by atoms with Gasteiger partial charge in [-0.25, -0.2) is 9.59 Å². The molecule has 1 atom stereocenters. The maximum atomic E-state index is 12.4. The summed E-state index contributed by atoms with van der Waals surface area (Å²) in [6.45, 7) is 5.62. The Bertz CT molecular complexity index is 709. The van der Waals surface area contributed by atoms with Crippen LogP contribution in [-0.2, 0) is 19.1 Å². The number of carbonyl (C=O) groups is 3. The molecular formula is C21H28N2O5. The first kappa shape index (κ1) is 21.5. The summed E-state index contributed by atoms with van der Waals surface area (Å²) in [4.78, 5) is 37.9. The van der Waals surface area contributed by atoms with E-state index in [4.69, 9.17) is 9.47 Å². The van der Waals surface area contributed by atoms with Gasteiger partial charge in [0.15, 0.2) is 0 Å². The Morgan fingerprint density at radius 3 is 2.61 bits per heavy atom. The van der Waals surface area contributed by atoms with E-state index in [2.05, 4.69) is 5.32 Å². The molecule has 2 amide bonds. The summed E-state index contributed by atoms with van der Waals surface area (Å²) in [6, 6.07) is 9.08. The second-order valence-electron chi connectivity index (χ2n) is 7.54. The molecule has 2 rings (SSSR count). The molecule has 0 radical (unpaired) electrons. The summed E-state index contributed by atoms with van der Waals surface area (Å²) < 4.78 is 10.4. The summed E-state index contributed by atoms with van der Waals surface area (Å²) in [7, 11) is 0. The van der Waals surface area contributed by atoms with E-state index >= 15 is 0 Å². The lowest BCUT2D eigenvalue weighted by molar-refractivity contribution is -0.152. The van der Waals surface area contributed by atoms with Crippen LogP contribution in [0.4, 0.5) is 4.79 Å². The number of rotatable bonds is 6. The number of carbonyl (C=O) groups excluding carboxylic acids is 3. The SMILES string of the molecule is CC(C)(C)OC(=O)NCC(=O)N1CCC[C@H]1C(=O)OC/C=C/c1ccccc1. The average molecular weight is 388 g/mol. The molecule has 1 aromatic carbocycles. The molecule has 0 bridgehead atoms. The summed E-state index contributed by atoms with van der Waals surface area (Å²) in [6.07, 6.45) is 4.25. The molecule has 152 valence electrons. The summed E-state index contributed by atoms with van der Waals surface area (Å²) >= 11 is 0. The lowest BCUT2D eigenvalue weighted by Crippen LogP contribution is -2.46. The van der Waals surface area contributed by atoms with Gasteiger partial charge in [0.2, 0.25) is 5.91 Å². The fourth-order valence-electron chi connectivity index (χ4n) is 2.85. The van der Waals surface area contributed by atoms with Crippen LogP contribution in [0.25, 0.3) is 6.08 Å². The molecule has 0 aromatic heterocycles. The smallest absolute Gasteiger partial charge is 0.408 e. The topological polar surface area (TPSA) is 84.9 Å². The highest BCUT2D eigenvalue weighted by atomic mass is 16.6. The minimum atomic E-state index is -0.662. The van der Waals surface area contributed by atoms with Gasteiger partial charge >= 0.3 is 12.1 Å². The van der Waals surface area contributed by atoms with Crippen LogP contribution in [0.2, 0.25) is 0 Å². The largest absolute Gasteiger partial charge is 0.460 e. The number of amides is 2. The Balaban J connectivity index is 1.79. The Hall–Kier alpha value is -2.83. The van der Waals surface area contributed by atoms with Gasteiger partial charge in [0.1, 0.15) is 24.8 Å². The number of nitrogens with one attached hydrogen (secondary N) is 1. The van der Waals surface area contributed by atoms with Crippen molar-refractivity contribution in [1.82, 2.24) is 10.2 Å². The fourth-order valence-corrected chi connectivity index (χ4v) is 2.85. The van der Waals surface area contributed by atoms with Crippen molar-refractivity contribution >= 4 is 24.0 Å². The highest BCUT2D eigenvalue weighted by Crippen LogP contribution is 2.18. The van der Waals surface area contributed by atoms with E-state index < -0.39 is 23.7 Å². The van der Waals surface area contributed by atoms with E-state index in [0.29, 0.717) is 13.0 Å². The molecule has 0 spiro atoms. The molecule has 7 nitrogen and oxygen atoms in total. The molecule has 0 saturated carbocycles. The van der Waals surface area contributed by atoms with Crippen molar-refractivity contribution in [2.24, 2.45) is 0 Å². The van der Waals surface area contributed by atoms with Crippen molar-refractivity contribution in [2.45, 2.75) is 45.3 Å². The molecule has 1 aliphatic rings. The van der Waals surface area contributed by atoms with Crippen molar-refractivity contribution in [3.05, 3.63) is 42.0 Å². The lowest BCUT2D eigenvalue weighted by atomic mass is 10.2. The van der Waals surface area contributed by atoms with Gasteiger partial charge in [-0.05, 0) is 45.3 Å². The number of hydrogen-bond acceptors (Lipinski definition) is 5. The van der Waals surface area contributed by atoms with Crippen LogP contribution in [0.5, 0.6) is 0 Å². The van der Waals surface area contributed by atoms with E-state index in [1.165, 1.54) is 4.90 Å². The van der Waals surface area contributed by atoms with Crippen LogP contribution in [-0.4, -0.2) is 54.2 Å². The van der Waals surface area contributed by atoms with Crippen molar-refractivity contribution in [3.8, 4) is 0 Å². The quantitative estimate of drug-likeness (QED) is 0.758. The Morgan fingerprint density at radius 1 is 1.21 bits per heavy atom. The van der Waals surface area contributed by atoms with Gasteiger partial charge in [0.25, 0.3) is 0 Å². The van der Waals surface area contributed by atoms with E-state index in [0.717, 1.165) is 12.0 Å². The van der Waals surface area contributed by atoms with Crippen molar-refractivity contribution < 1.29 is 23.9 Å². The van der Waals surface area contributed by atoms with Crippen LogP contribution in [0.15, 0.2) is 36.4 Å². The minimum Gasteiger partial charge on any atom is -0.460 e. The van der Waals surface area contributed by atoms with Crippen LogP contribution in [0, 0.1) is 0 Å². The Labute approximate surface area is 165 Å². The molecule has 1 fully saturated rings. The van der Waals surface area contributed by atoms with Gasteiger partial charge in [-0.2, -0.15) is 0 Å². The van der Waals surface area contributed by atoms with Gasteiger partial charge < -0.3 is 19.7 Å². The maximum Gasteiger partial charge on any atom is 0.408 e. The first-order valence-corrected chi connectivity index (χ1v) is 9.41. The molecule has 7 heteroatoms. The van der Waals surface area contributed by atoms with E-state index in [9.17, 15) is 14.4 Å². The summed E-state index contributed by atoms with van der Waals surface area (Å²) in [5, 5.41) is 2.43. The zero-order chi connectivity index (χ0) is 20.6. The summed E-state index contributed by atoms with van der Waals surface area (Å²) in [5.41, 5.74) is 0.379. The van der Waals surface area contributed by atoms with Gasteiger partial charge in [-0.15, -0.1) is 0 Å². The van der Waals surface area contributed by atoms with Crippen molar-refractivity contribution in [3.63, 3.8) is 0 Å². The molecule has 1 heterocycles. The highest BCUT2D eigenvalue weighted by molar-refractivity contribution is 5.88. The van der Waals surface area contributed by atoms with Gasteiger partial charge in [-0.1, -0.05) is 36.4 Å². The molecule has 0 unspecified atom stereocenters. The average Bonchev–Trinajstić information content (AvgIpc) is 3.12. The molecule has 1 saturated heterocycles. The third-order valence-electron chi connectivity index (χ3n) is 4.06. The molecule has 1 aliphatic heterocycles. The van der Waals surface area contributed by atoms with Gasteiger partial charge in [0.05, 0.1) is 0 Å². The van der Waals surface area contributed by atoms with Crippen molar-refractivity contribution in [2.75, 3.05) is 19.7 Å². The zero-order valence-electron chi connectivity index (χ0n) is 16.6. The number of likely N-dealkylation sites (tertiary alicyclic amines) is 1. The van der Waals surface area contributed by atoms with Crippen LogP contribution >= 0.6 is 0 Å². The molecule has 1 N–H and O–H groups in total. The monoisotopic (exact) mass is 388 g/mol. The molecule has 1 aromatic rings. The molecule has 28 heavy (non-hydrogen) atoms. The lowest BCUT2D eigenvalue weighted by Gasteiger charge is -2.24. The number of nitrogens with zero attached hydrogens (tertiary/aromatic N) is 1. The first-order valence-electron chi connectivity index (χ1n) is 9.41. The second kappa shape index (κ2) is 9.92. The van der Waals surface area contributed by atoms with Crippen LogP contribution in [0.3, 0.4) is 0 Å². The highest BCUT2D eigenvalue weighted by Gasteiger charge is 2.35. The fraction of sp³-hybridized carbons (Fsp3) is 0.476. The minimum absolute atomic E-state index is 0.141. The Morgan fingerprint density at radius 2 is 1.93 bits per heavy atom. The summed E-state index contributed by atoms with van der Waals surface area (Å²) in [5.74, 6) is -0.758. The van der Waals surface area contributed by atoms with Crippen molar-refractivity contribution in [1.29, 1.82) is 0 Å². The number of esters is 1. The molecule has 0 aliphatic carbocycles. The number of hydrogen-bond donors (Lipinski definition) is 1. The van der Waals surface area contributed by atoms with Crippen LogP contribution < -0.4 is 5.32 Å². The number of ether oxygens (including phenoxy) is 2. The number of benzene rings is 1. The number of alkyl carbamates (subject to hydrolysis) is 1. The third kappa shape index (κ3) is 7.06. The Kier molecular flexibility index (Phi) is 7.61. The maximum absolute atomic E-state index is 12.4. The second-order valence-corrected chi connectivity index (χ2v) is 7.54. The van der Waals surface area contributed by atoms with Crippen LogP contribution in [0.1, 0.15) is 39.2 Å². The van der Waals surface area contributed by atoms with E-state index in [1.54, 1.807) is 26.8 Å². The molecular weight excluding hydrogens is 360 g/mol. The van der Waals surface area contributed by atoms with Gasteiger partial charge in [-0.3, -0.25) is 4.79 Å².